The van der Waals surface area contributed by atoms with Gasteiger partial charge < -0.3 is 5.32 Å². The number of hydrogen-bond acceptors (Lipinski definition) is 4. The van der Waals surface area contributed by atoms with E-state index in [1.165, 1.54) is 4.68 Å². The molecule has 25 heavy (non-hydrogen) atoms. The van der Waals surface area contributed by atoms with Crippen LogP contribution in [0.2, 0.25) is 5.02 Å². The molecule has 2 N–H and O–H groups in total. The van der Waals surface area contributed by atoms with Crippen LogP contribution in [0.4, 0.5) is 0 Å². The van der Waals surface area contributed by atoms with Crippen molar-refractivity contribution in [3.8, 4) is 0 Å². The molecule has 0 bridgehead atoms. The van der Waals surface area contributed by atoms with E-state index >= 15 is 0 Å². The van der Waals surface area contributed by atoms with E-state index in [0.29, 0.717) is 39.6 Å². The molecule has 3 rings (SSSR count). The SMILES string of the molecule is Cc1cc(C(=O)NCCSc2ccc(Cl)cc2)c2c(=O)[nH]n(C)c2n1. The van der Waals surface area contributed by atoms with E-state index in [0.717, 1.165) is 4.90 Å². The molecule has 0 saturated carbocycles. The standard InChI is InChI=1S/C17H17ClN4O2S/c1-10-9-13(14-15(20-10)22(2)21-17(14)24)16(23)19-7-8-25-12-5-3-11(18)4-6-12/h3-6,9H,7-8H2,1-2H3,(H,19,23)(H,21,24). The summed E-state index contributed by atoms with van der Waals surface area (Å²) >= 11 is 7.48. The summed E-state index contributed by atoms with van der Waals surface area (Å²) in [6.07, 6.45) is 0. The minimum atomic E-state index is -0.314. The van der Waals surface area contributed by atoms with Crippen LogP contribution >= 0.6 is 23.4 Å². The molecule has 0 radical (unpaired) electrons. The van der Waals surface area contributed by atoms with Gasteiger partial charge in [-0.3, -0.25) is 19.4 Å². The van der Waals surface area contributed by atoms with E-state index in [1.807, 2.05) is 24.3 Å². The molecule has 2 aromatic heterocycles. The van der Waals surface area contributed by atoms with Crippen molar-refractivity contribution < 1.29 is 4.79 Å². The molecule has 1 aromatic carbocycles. The highest BCUT2D eigenvalue weighted by molar-refractivity contribution is 7.99. The van der Waals surface area contributed by atoms with E-state index in [1.54, 1.807) is 31.8 Å². The fourth-order valence-corrected chi connectivity index (χ4v) is 3.42. The van der Waals surface area contributed by atoms with Gasteiger partial charge in [0, 0.05) is 35.0 Å². The monoisotopic (exact) mass is 376 g/mol. The maximum Gasteiger partial charge on any atom is 0.274 e. The van der Waals surface area contributed by atoms with Gasteiger partial charge in [0.2, 0.25) is 0 Å². The molecule has 6 nitrogen and oxygen atoms in total. The van der Waals surface area contributed by atoms with Crippen LogP contribution in [0.1, 0.15) is 16.1 Å². The van der Waals surface area contributed by atoms with Gasteiger partial charge in [-0.15, -0.1) is 11.8 Å². The molecular weight excluding hydrogens is 360 g/mol. The number of aromatic nitrogens is 3. The lowest BCUT2D eigenvalue weighted by molar-refractivity contribution is 0.0957. The number of aromatic amines is 1. The van der Waals surface area contributed by atoms with Crippen molar-refractivity contribution in [1.29, 1.82) is 0 Å². The molecule has 0 atom stereocenters. The zero-order chi connectivity index (χ0) is 18.0. The minimum absolute atomic E-state index is 0.274. The van der Waals surface area contributed by atoms with E-state index in [9.17, 15) is 9.59 Å². The number of benzene rings is 1. The fraction of sp³-hybridized carbons (Fsp3) is 0.235. The van der Waals surface area contributed by atoms with Crippen LogP contribution in [0.15, 0.2) is 40.0 Å². The van der Waals surface area contributed by atoms with Gasteiger partial charge in [0.25, 0.3) is 11.5 Å². The number of carbonyl (C=O) groups is 1. The van der Waals surface area contributed by atoms with Crippen LogP contribution in [0.3, 0.4) is 0 Å². The second-order valence-corrected chi connectivity index (χ2v) is 7.17. The predicted octanol–water partition coefficient (Wildman–Crippen LogP) is 2.75. The number of fused-ring (bicyclic) bond motifs is 1. The van der Waals surface area contributed by atoms with Crippen molar-refractivity contribution in [2.75, 3.05) is 12.3 Å². The Kier molecular flexibility index (Phi) is 5.15. The zero-order valence-electron chi connectivity index (χ0n) is 13.8. The van der Waals surface area contributed by atoms with Gasteiger partial charge >= 0.3 is 0 Å². The van der Waals surface area contributed by atoms with Crippen LogP contribution in [0.25, 0.3) is 11.0 Å². The minimum Gasteiger partial charge on any atom is -0.351 e. The van der Waals surface area contributed by atoms with Crippen LogP contribution in [0, 0.1) is 6.92 Å². The summed E-state index contributed by atoms with van der Waals surface area (Å²) in [6, 6.07) is 9.18. The summed E-state index contributed by atoms with van der Waals surface area (Å²) in [5.74, 6) is 0.440. The first-order valence-corrected chi connectivity index (χ1v) is 9.05. The molecule has 2 heterocycles. The number of rotatable bonds is 5. The largest absolute Gasteiger partial charge is 0.351 e. The van der Waals surface area contributed by atoms with E-state index < -0.39 is 0 Å². The molecule has 1 amide bonds. The van der Waals surface area contributed by atoms with Crippen LogP contribution in [-0.2, 0) is 7.05 Å². The Hall–Kier alpha value is -2.25. The van der Waals surface area contributed by atoms with Gasteiger partial charge in [-0.2, -0.15) is 0 Å². The first-order chi connectivity index (χ1) is 12.0. The van der Waals surface area contributed by atoms with Crippen molar-refractivity contribution in [1.82, 2.24) is 20.1 Å². The zero-order valence-corrected chi connectivity index (χ0v) is 15.4. The van der Waals surface area contributed by atoms with Gasteiger partial charge in [-0.25, -0.2) is 4.98 Å². The number of amides is 1. The van der Waals surface area contributed by atoms with Crippen molar-refractivity contribution >= 4 is 40.3 Å². The highest BCUT2D eigenvalue weighted by Crippen LogP contribution is 2.20. The number of H-pyrrole nitrogens is 1. The van der Waals surface area contributed by atoms with Gasteiger partial charge in [0.1, 0.15) is 0 Å². The lowest BCUT2D eigenvalue weighted by atomic mass is 10.1. The highest BCUT2D eigenvalue weighted by Gasteiger charge is 2.17. The van der Waals surface area contributed by atoms with Gasteiger partial charge in [0.05, 0.1) is 10.9 Å². The molecule has 0 aliphatic rings. The number of carbonyl (C=O) groups excluding carboxylic acids is 1. The molecule has 0 spiro atoms. The van der Waals surface area contributed by atoms with Crippen molar-refractivity contribution in [2.24, 2.45) is 7.05 Å². The van der Waals surface area contributed by atoms with Crippen LogP contribution in [0.5, 0.6) is 0 Å². The molecule has 0 unspecified atom stereocenters. The molecule has 0 aliphatic carbocycles. The average Bonchev–Trinajstić information content (AvgIpc) is 2.86. The smallest absolute Gasteiger partial charge is 0.274 e. The quantitative estimate of drug-likeness (QED) is 0.530. The summed E-state index contributed by atoms with van der Waals surface area (Å²) < 4.78 is 1.53. The van der Waals surface area contributed by atoms with Gasteiger partial charge in [-0.05, 0) is 37.3 Å². The first-order valence-electron chi connectivity index (χ1n) is 7.68. The molecular formula is C17H17ClN4O2S. The summed E-state index contributed by atoms with van der Waals surface area (Å²) in [5.41, 5.74) is 1.19. The average molecular weight is 377 g/mol. The topological polar surface area (TPSA) is 79.8 Å². The fourth-order valence-electron chi connectivity index (χ4n) is 2.52. The Morgan fingerprint density at radius 2 is 2.08 bits per heavy atom. The Bertz CT molecular complexity index is 979. The molecule has 0 saturated heterocycles. The number of nitrogens with zero attached hydrogens (tertiary/aromatic N) is 2. The lowest BCUT2D eigenvalue weighted by Crippen LogP contribution is -2.27. The van der Waals surface area contributed by atoms with Crippen LogP contribution in [-0.4, -0.2) is 33.0 Å². The molecule has 0 aliphatic heterocycles. The van der Waals surface area contributed by atoms with Crippen LogP contribution < -0.4 is 10.9 Å². The number of aryl methyl sites for hydroxylation is 2. The second-order valence-electron chi connectivity index (χ2n) is 5.57. The number of nitrogens with one attached hydrogen (secondary N) is 2. The summed E-state index contributed by atoms with van der Waals surface area (Å²) in [7, 11) is 1.70. The number of halogens is 1. The molecule has 130 valence electrons. The maximum atomic E-state index is 12.5. The third-order valence-electron chi connectivity index (χ3n) is 3.66. The highest BCUT2D eigenvalue weighted by atomic mass is 35.5. The second kappa shape index (κ2) is 7.33. The van der Waals surface area contributed by atoms with Gasteiger partial charge in [-0.1, -0.05) is 11.6 Å². The number of thioether (sulfide) groups is 1. The number of pyridine rings is 1. The van der Waals surface area contributed by atoms with Crippen molar-refractivity contribution in [2.45, 2.75) is 11.8 Å². The molecule has 8 heteroatoms. The third-order valence-corrected chi connectivity index (χ3v) is 4.92. The Balaban J connectivity index is 1.68. The van der Waals surface area contributed by atoms with Crippen molar-refractivity contribution in [3.05, 3.63) is 57.0 Å². The first kappa shape index (κ1) is 17.6. The summed E-state index contributed by atoms with van der Waals surface area (Å²) in [4.78, 5) is 30.0. The molecule has 3 aromatic rings. The summed E-state index contributed by atoms with van der Waals surface area (Å²) in [6.45, 7) is 2.28. The molecule has 0 fully saturated rings. The summed E-state index contributed by atoms with van der Waals surface area (Å²) in [5, 5.41) is 6.51. The van der Waals surface area contributed by atoms with Crippen molar-refractivity contribution in [3.63, 3.8) is 0 Å². The lowest BCUT2D eigenvalue weighted by Gasteiger charge is -2.07. The third kappa shape index (κ3) is 3.88. The maximum absolute atomic E-state index is 12.5. The van der Waals surface area contributed by atoms with E-state index in [2.05, 4.69) is 15.4 Å². The van der Waals surface area contributed by atoms with E-state index in [4.69, 9.17) is 11.6 Å². The van der Waals surface area contributed by atoms with Gasteiger partial charge in [0.15, 0.2) is 5.65 Å². The normalized spacial score (nSPS) is 11.0. The Morgan fingerprint density at radius 3 is 2.80 bits per heavy atom. The Labute approximate surface area is 153 Å². The number of hydrogen-bond donors (Lipinski definition) is 2. The predicted molar refractivity (Wildman–Crippen MR) is 101 cm³/mol. The Morgan fingerprint density at radius 1 is 1.36 bits per heavy atom. The van der Waals surface area contributed by atoms with E-state index in [-0.39, 0.29) is 11.5 Å².